The normalized spacial score (nSPS) is 11.8. The first-order valence-corrected chi connectivity index (χ1v) is 6.33. The van der Waals surface area contributed by atoms with Crippen LogP contribution in [0.15, 0.2) is 18.3 Å². The first-order valence-electron chi connectivity index (χ1n) is 6.33. The molecule has 0 saturated carbocycles. The number of ether oxygens (including phenoxy) is 1. The van der Waals surface area contributed by atoms with Crippen LogP contribution in [0.1, 0.15) is 20.8 Å². The number of amides is 2. The third kappa shape index (κ3) is 4.75. The van der Waals surface area contributed by atoms with Crippen LogP contribution >= 0.6 is 0 Å². The SMILES string of the molecule is CCOc1ccc(NC(=O)N[C@H](C(=O)O)C(C)C)cn1. The van der Waals surface area contributed by atoms with Gasteiger partial charge in [-0.3, -0.25) is 0 Å². The number of hydrogen-bond donors (Lipinski definition) is 3. The molecule has 0 radical (unpaired) electrons. The molecule has 1 atom stereocenters. The second kappa shape index (κ2) is 7.32. The van der Waals surface area contributed by atoms with Crippen molar-refractivity contribution in [3.05, 3.63) is 18.3 Å². The molecule has 0 aliphatic carbocycles. The fourth-order valence-corrected chi connectivity index (χ4v) is 1.51. The highest BCUT2D eigenvalue weighted by Gasteiger charge is 2.23. The molecule has 0 bridgehead atoms. The number of aromatic nitrogens is 1. The highest BCUT2D eigenvalue weighted by molar-refractivity contribution is 5.92. The molecule has 1 aromatic rings. The maximum Gasteiger partial charge on any atom is 0.326 e. The number of rotatable bonds is 6. The summed E-state index contributed by atoms with van der Waals surface area (Å²) >= 11 is 0. The maximum atomic E-state index is 11.7. The Balaban J connectivity index is 2.59. The van der Waals surface area contributed by atoms with E-state index in [-0.39, 0.29) is 5.92 Å². The van der Waals surface area contributed by atoms with Crippen LogP contribution in [0, 0.1) is 5.92 Å². The first kappa shape index (κ1) is 15.7. The van der Waals surface area contributed by atoms with Gasteiger partial charge < -0.3 is 20.5 Å². The molecule has 1 aromatic heterocycles. The van der Waals surface area contributed by atoms with Crippen LogP contribution in [0.5, 0.6) is 5.88 Å². The summed E-state index contributed by atoms with van der Waals surface area (Å²) in [5.41, 5.74) is 0.457. The van der Waals surface area contributed by atoms with Crippen molar-refractivity contribution in [3.63, 3.8) is 0 Å². The number of carbonyl (C=O) groups is 2. The molecule has 20 heavy (non-hydrogen) atoms. The van der Waals surface area contributed by atoms with Crippen LogP contribution in [0.2, 0.25) is 0 Å². The van der Waals surface area contributed by atoms with Crippen molar-refractivity contribution in [2.45, 2.75) is 26.8 Å². The van der Waals surface area contributed by atoms with E-state index in [0.717, 1.165) is 0 Å². The Kier molecular flexibility index (Phi) is 5.76. The number of hydrogen-bond acceptors (Lipinski definition) is 4. The zero-order chi connectivity index (χ0) is 15.1. The standard InChI is InChI=1S/C13H19N3O4/c1-4-20-10-6-5-9(7-14-10)15-13(19)16-11(8(2)3)12(17)18/h5-8,11H,4H2,1-3H3,(H,17,18)(H2,15,16,19)/t11-/m0/s1. The van der Waals surface area contributed by atoms with Crippen molar-refractivity contribution in [2.24, 2.45) is 5.92 Å². The van der Waals surface area contributed by atoms with Crippen molar-refractivity contribution in [1.82, 2.24) is 10.3 Å². The van der Waals surface area contributed by atoms with Gasteiger partial charge in [-0.25, -0.2) is 14.6 Å². The topological polar surface area (TPSA) is 101 Å². The summed E-state index contributed by atoms with van der Waals surface area (Å²) in [7, 11) is 0. The number of anilines is 1. The van der Waals surface area contributed by atoms with Gasteiger partial charge in [0.2, 0.25) is 5.88 Å². The van der Waals surface area contributed by atoms with Gasteiger partial charge in [-0.15, -0.1) is 0 Å². The van der Waals surface area contributed by atoms with Crippen molar-refractivity contribution < 1.29 is 19.4 Å². The minimum atomic E-state index is -1.07. The highest BCUT2D eigenvalue weighted by Crippen LogP contribution is 2.11. The zero-order valence-corrected chi connectivity index (χ0v) is 11.7. The van der Waals surface area contributed by atoms with Crippen LogP contribution in [-0.2, 0) is 4.79 Å². The number of aliphatic carboxylic acids is 1. The predicted octanol–water partition coefficient (Wildman–Crippen LogP) is 1.71. The lowest BCUT2D eigenvalue weighted by Crippen LogP contribution is -2.46. The molecule has 0 aliphatic heterocycles. The van der Waals surface area contributed by atoms with Gasteiger partial charge in [0.15, 0.2) is 0 Å². The van der Waals surface area contributed by atoms with Gasteiger partial charge in [-0.05, 0) is 18.9 Å². The molecule has 0 saturated heterocycles. The molecule has 7 heteroatoms. The third-order valence-corrected chi connectivity index (χ3v) is 2.51. The van der Waals surface area contributed by atoms with Gasteiger partial charge in [-0.1, -0.05) is 13.8 Å². The van der Waals surface area contributed by atoms with Crippen LogP contribution < -0.4 is 15.4 Å². The van der Waals surface area contributed by atoms with Crippen LogP contribution in [0.25, 0.3) is 0 Å². The lowest BCUT2D eigenvalue weighted by atomic mass is 10.1. The van der Waals surface area contributed by atoms with Gasteiger partial charge in [0.05, 0.1) is 18.5 Å². The summed E-state index contributed by atoms with van der Waals surface area (Å²) in [5.74, 6) is -0.819. The van der Waals surface area contributed by atoms with Crippen LogP contribution in [0.4, 0.5) is 10.5 Å². The van der Waals surface area contributed by atoms with Gasteiger partial charge in [0.1, 0.15) is 6.04 Å². The Bertz CT molecular complexity index is 459. The number of pyridine rings is 1. The Morgan fingerprint density at radius 2 is 2.10 bits per heavy atom. The number of nitrogens with one attached hydrogen (secondary N) is 2. The summed E-state index contributed by atoms with van der Waals surface area (Å²) in [5, 5.41) is 13.9. The largest absolute Gasteiger partial charge is 0.480 e. The zero-order valence-electron chi connectivity index (χ0n) is 11.7. The minimum Gasteiger partial charge on any atom is -0.480 e. The van der Waals surface area contributed by atoms with Gasteiger partial charge in [0.25, 0.3) is 0 Å². The molecule has 7 nitrogen and oxygen atoms in total. The maximum absolute atomic E-state index is 11.7. The molecule has 0 aromatic carbocycles. The molecular weight excluding hydrogens is 262 g/mol. The summed E-state index contributed by atoms with van der Waals surface area (Å²) in [6.07, 6.45) is 1.44. The van der Waals surface area contributed by atoms with Crippen molar-refractivity contribution in [2.75, 3.05) is 11.9 Å². The summed E-state index contributed by atoms with van der Waals surface area (Å²) in [6, 6.07) is 1.72. The average Bonchev–Trinajstić information content (AvgIpc) is 2.38. The molecule has 2 amide bonds. The Morgan fingerprint density at radius 1 is 1.40 bits per heavy atom. The fraction of sp³-hybridized carbons (Fsp3) is 0.462. The van der Waals surface area contributed by atoms with E-state index in [9.17, 15) is 9.59 Å². The van der Waals surface area contributed by atoms with E-state index in [1.165, 1.54) is 6.20 Å². The Morgan fingerprint density at radius 3 is 2.55 bits per heavy atom. The van der Waals surface area contributed by atoms with E-state index >= 15 is 0 Å². The number of nitrogens with zero attached hydrogens (tertiary/aromatic N) is 1. The molecule has 3 N–H and O–H groups in total. The Hall–Kier alpha value is -2.31. The lowest BCUT2D eigenvalue weighted by molar-refractivity contribution is -0.140. The van der Waals surface area contributed by atoms with Crippen LogP contribution in [-0.4, -0.2) is 34.7 Å². The molecule has 110 valence electrons. The monoisotopic (exact) mass is 281 g/mol. The smallest absolute Gasteiger partial charge is 0.326 e. The quantitative estimate of drug-likeness (QED) is 0.737. The molecule has 0 spiro atoms. The van der Waals surface area contributed by atoms with E-state index in [2.05, 4.69) is 15.6 Å². The average molecular weight is 281 g/mol. The molecule has 0 unspecified atom stereocenters. The van der Waals surface area contributed by atoms with Crippen molar-refractivity contribution >= 4 is 17.7 Å². The van der Waals surface area contributed by atoms with Crippen molar-refractivity contribution in [3.8, 4) is 5.88 Å². The predicted molar refractivity (Wildman–Crippen MR) is 73.8 cm³/mol. The first-order chi connectivity index (χ1) is 9.43. The van der Waals surface area contributed by atoms with E-state index in [4.69, 9.17) is 9.84 Å². The van der Waals surface area contributed by atoms with E-state index < -0.39 is 18.0 Å². The van der Waals surface area contributed by atoms with Crippen molar-refractivity contribution in [1.29, 1.82) is 0 Å². The second-order valence-corrected chi connectivity index (χ2v) is 4.48. The summed E-state index contributed by atoms with van der Waals surface area (Å²) in [6.45, 7) is 5.79. The lowest BCUT2D eigenvalue weighted by Gasteiger charge is -2.18. The second-order valence-electron chi connectivity index (χ2n) is 4.48. The summed E-state index contributed by atoms with van der Waals surface area (Å²) in [4.78, 5) is 26.7. The number of urea groups is 1. The van der Waals surface area contributed by atoms with E-state index in [1.54, 1.807) is 26.0 Å². The van der Waals surface area contributed by atoms with Gasteiger partial charge in [0, 0.05) is 6.07 Å². The number of carboxylic acids is 1. The van der Waals surface area contributed by atoms with E-state index in [0.29, 0.717) is 18.2 Å². The number of carbonyl (C=O) groups excluding carboxylic acids is 1. The summed E-state index contributed by atoms with van der Waals surface area (Å²) < 4.78 is 5.18. The highest BCUT2D eigenvalue weighted by atomic mass is 16.5. The van der Waals surface area contributed by atoms with Crippen LogP contribution in [0.3, 0.4) is 0 Å². The molecule has 0 aliphatic rings. The number of carboxylic acid groups (broad SMARTS) is 1. The third-order valence-electron chi connectivity index (χ3n) is 2.51. The minimum absolute atomic E-state index is 0.211. The molecule has 1 heterocycles. The Labute approximate surface area is 117 Å². The fourth-order valence-electron chi connectivity index (χ4n) is 1.51. The van der Waals surface area contributed by atoms with E-state index in [1.807, 2.05) is 6.92 Å². The van der Waals surface area contributed by atoms with Gasteiger partial charge >= 0.3 is 12.0 Å². The molecular formula is C13H19N3O4. The molecule has 0 fully saturated rings. The molecule has 1 rings (SSSR count). The van der Waals surface area contributed by atoms with Gasteiger partial charge in [-0.2, -0.15) is 0 Å².